The third kappa shape index (κ3) is 3.70. The second-order valence-corrected chi connectivity index (χ2v) is 10.9. The Morgan fingerprint density at radius 3 is 1.92 bits per heavy atom. The van der Waals surface area contributed by atoms with E-state index in [1.165, 1.54) is 27.4 Å². The van der Waals surface area contributed by atoms with Crippen LogP contribution in [0.15, 0.2) is 94.1 Å². The quantitative estimate of drug-likeness (QED) is 0.170. The predicted octanol–water partition coefficient (Wildman–Crippen LogP) is 10.3. The van der Waals surface area contributed by atoms with Crippen LogP contribution in [0.5, 0.6) is 23.0 Å². The van der Waals surface area contributed by atoms with E-state index < -0.39 is 0 Å². The summed E-state index contributed by atoms with van der Waals surface area (Å²) in [4.78, 5) is 0. The van der Waals surface area contributed by atoms with Gasteiger partial charge in [-0.25, -0.2) is 0 Å². The molecule has 184 valence electrons. The van der Waals surface area contributed by atoms with Gasteiger partial charge in [0, 0.05) is 32.1 Å². The molecule has 37 heavy (non-hydrogen) atoms. The van der Waals surface area contributed by atoms with E-state index in [1.807, 2.05) is 24.3 Å². The van der Waals surface area contributed by atoms with Crippen LogP contribution in [0.2, 0.25) is 0 Å². The Kier molecular flexibility index (Phi) is 5.70. The van der Waals surface area contributed by atoms with Crippen molar-refractivity contribution in [3.63, 3.8) is 0 Å². The molecule has 4 heterocycles. The highest BCUT2D eigenvalue weighted by Gasteiger charge is 2.21. The molecule has 0 saturated heterocycles. The summed E-state index contributed by atoms with van der Waals surface area (Å²) >= 11 is 7.05. The molecule has 0 aliphatic carbocycles. The summed E-state index contributed by atoms with van der Waals surface area (Å²) in [6.45, 7) is 4.22. The zero-order valence-electron chi connectivity index (χ0n) is 19.5. The molecule has 0 unspecified atom stereocenters. The first kappa shape index (κ1) is 23.9. The number of fused-ring (bicyclic) bond motifs is 4. The summed E-state index contributed by atoms with van der Waals surface area (Å²) in [5.74, 6) is 3.64. The zero-order valence-corrected chi connectivity index (χ0v) is 22.7. The van der Waals surface area contributed by atoms with Crippen LogP contribution in [0.3, 0.4) is 0 Å². The van der Waals surface area contributed by atoms with Gasteiger partial charge in [-0.3, -0.25) is 0 Å². The predicted molar refractivity (Wildman–Crippen MR) is 158 cm³/mol. The minimum Gasteiger partial charge on any atom is -0.453 e. The molecule has 2 aliphatic rings. The SMILES string of the molecule is Brc1ccc2c(c1)Oc1ccc(Br)c3ccn-2c13.C.Cc1ccc2c(c1)Oc1ccc(C)c3ccn-2c13. The molecule has 6 aromatic rings. The molecule has 0 atom stereocenters. The van der Waals surface area contributed by atoms with Gasteiger partial charge >= 0.3 is 0 Å². The van der Waals surface area contributed by atoms with Crippen molar-refractivity contribution in [1.29, 1.82) is 0 Å². The average molecular weight is 616 g/mol. The standard InChI is InChI=1S/C16H13NO.C14H7Br2NO.CH4/c1-10-3-5-13-15(9-10)18-14-6-4-11(2)12-7-8-17(13)16(12)14;15-8-1-3-11-13(7-8)18-12-4-2-10(16)9-5-6-17(11)14(9)12;/h3-9H,1-2H3;1-7H;1H4. The minimum atomic E-state index is 0. The highest BCUT2D eigenvalue weighted by molar-refractivity contribution is 9.11. The van der Waals surface area contributed by atoms with E-state index in [0.29, 0.717) is 0 Å². The van der Waals surface area contributed by atoms with Crippen LogP contribution in [-0.2, 0) is 0 Å². The van der Waals surface area contributed by atoms with E-state index in [9.17, 15) is 0 Å². The number of aryl methyl sites for hydroxylation is 2. The van der Waals surface area contributed by atoms with Crippen molar-refractivity contribution >= 4 is 53.7 Å². The minimum absolute atomic E-state index is 0. The summed E-state index contributed by atoms with van der Waals surface area (Å²) in [5, 5.41) is 2.43. The Balaban J connectivity index is 0.000000133. The number of rotatable bonds is 0. The van der Waals surface area contributed by atoms with Crippen LogP contribution in [0, 0.1) is 13.8 Å². The highest BCUT2D eigenvalue weighted by atomic mass is 79.9. The highest BCUT2D eigenvalue weighted by Crippen LogP contribution is 2.44. The van der Waals surface area contributed by atoms with E-state index >= 15 is 0 Å². The molecule has 0 amide bonds. The lowest BCUT2D eigenvalue weighted by Crippen LogP contribution is -2.03. The number of hydrogen-bond acceptors (Lipinski definition) is 2. The molecule has 2 aromatic heterocycles. The van der Waals surface area contributed by atoms with Crippen LogP contribution in [0.1, 0.15) is 18.6 Å². The van der Waals surface area contributed by atoms with E-state index in [-0.39, 0.29) is 7.43 Å². The summed E-state index contributed by atoms with van der Waals surface area (Å²) in [6.07, 6.45) is 4.20. The van der Waals surface area contributed by atoms with Crippen LogP contribution in [-0.4, -0.2) is 9.13 Å². The van der Waals surface area contributed by atoms with Gasteiger partial charge in [-0.05, 0) is 85.6 Å². The van der Waals surface area contributed by atoms with Crippen molar-refractivity contribution < 1.29 is 9.47 Å². The van der Waals surface area contributed by atoms with E-state index in [4.69, 9.17) is 9.47 Å². The van der Waals surface area contributed by atoms with Crippen molar-refractivity contribution in [2.75, 3.05) is 0 Å². The van der Waals surface area contributed by atoms with E-state index in [2.05, 4.69) is 116 Å². The summed E-state index contributed by atoms with van der Waals surface area (Å²) in [6, 6.07) is 24.8. The lowest BCUT2D eigenvalue weighted by Gasteiger charge is -2.21. The van der Waals surface area contributed by atoms with Crippen molar-refractivity contribution in [2.24, 2.45) is 0 Å². The summed E-state index contributed by atoms with van der Waals surface area (Å²) < 4.78 is 18.5. The molecule has 0 saturated carbocycles. The zero-order chi connectivity index (χ0) is 24.6. The Hall–Kier alpha value is -3.48. The molecule has 0 fully saturated rings. The first-order valence-corrected chi connectivity index (χ1v) is 13.2. The van der Waals surface area contributed by atoms with Crippen molar-refractivity contribution in [1.82, 2.24) is 9.13 Å². The maximum Gasteiger partial charge on any atom is 0.152 e. The lowest BCUT2D eigenvalue weighted by molar-refractivity contribution is 0.475. The van der Waals surface area contributed by atoms with Gasteiger partial charge in [0.25, 0.3) is 0 Å². The molecule has 4 aromatic carbocycles. The van der Waals surface area contributed by atoms with Gasteiger partial charge in [0.1, 0.15) is 0 Å². The number of ether oxygens (including phenoxy) is 2. The molecule has 0 N–H and O–H groups in total. The lowest BCUT2D eigenvalue weighted by atomic mass is 10.1. The number of halogens is 2. The summed E-state index contributed by atoms with van der Waals surface area (Å²) in [5.41, 5.74) is 6.97. The van der Waals surface area contributed by atoms with E-state index in [0.717, 1.165) is 48.8 Å². The Labute approximate surface area is 232 Å². The number of aromatic nitrogens is 2. The number of nitrogens with zero attached hydrogens (tertiary/aromatic N) is 2. The number of hydrogen-bond donors (Lipinski definition) is 0. The van der Waals surface area contributed by atoms with Gasteiger partial charge in [0.2, 0.25) is 0 Å². The molecular formula is C31H24Br2N2O2. The fraction of sp³-hybridized carbons (Fsp3) is 0.0968. The van der Waals surface area contributed by atoms with Gasteiger partial charge in [-0.15, -0.1) is 0 Å². The fourth-order valence-electron chi connectivity index (χ4n) is 5.04. The average Bonchev–Trinajstić information content (AvgIpc) is 3.51. The van der Waals surface area contributed by atoms with Gasteiger partial charge in [0.05, 0.1) is 22.4 Å². The third-order valence-corrected chi connectivity index (χ3v) is 7.97. The Morgan fingerprint density at radius 2 is 1.19 bits per heavy atom. The molecule has 6 heteroatoms. The second-order valence-electron chi connectivity index (χ2n) is 9.11. The second kappa shape index (κ2) is 8.82. The van der Waals surface area contributed by atoms with Crippen molar-refractivity contribution in [2.45, 2.75) is 21.3 Å². The smallest absolute Gasteiger partial charge is 0.152 e. The van der Waals surface area contributed by atoms with E-state index in [1.54, 1.807) is 0 Å². The van der Waals surface area contributed by atoms with Crippen LogP contribution in [0.4, 0.5) is 0 Å². The molecule has 8 rings (SSSR count). The Bertz CT molecular complexity index is 1710. The summed E-state index contributed by atoms with van der Waals surface area (Å²) in [7, 11) is 0. The van der Waals surface area contributed by atoms with Crippen molar-refractivity contribution in [3.05, 3.63) is 105 Å². The fourth-order valence-corrected chi connectivity index (χ4v) is 5.83. The molecular weight excluding hydrogens is 592 g/mol. The largest absolute Gasteiger partial charge is 0.453 e. The van der Waals surface area contributed by atoms with Gasteiger partial charge in [-0.2, -0.15) is 0 Å². The normalized spacial score (nSPS) is 12.0. The van der Waals surface area contributed by atoms with Crippen LogP contribution < -0.4 is 9.47 Å². The first-order valence-electron chi connectivity index (χ1n) is 11.6. The third-order valence-electron chi connectivity index (χ3n) is 6.78. The van der Waals surface area contributed by atoms with Crippen LogP contribution in [0.25, 0.3) is 33.2 Å². The van der Waals surface area contributed by atoms with Gasteiger partial charge in [-0.1, -0.05) is 51.4 Å². The molecule has 0 spiro atoms. The molecule has 0 bridgehead atoms. The maximum absolute atomic E-state index is 6.02. The van der Waals surface area contributed by atoms with Crippen LogP contribution >= 0.6 is 31.9 Å². The Morgan fingerprint density at radius 1 is 0.595 bits per heavy atom. The number of benzene rings is 4. The topological polar surface area (TPSA) is 28.3 Å². The van der Waals surface area contributed by atoms with Gasteiger partial charge in [0.15, 0.2) is 23.0 Å². The first-order chi connectivity index (χ1) is 17.5. The van der Waals surface area contributed by atoms with Crippen molar-refractivity contribution in [3.8, 4) is 34.4 Å². The monoisotopic (exact) mass is 614 g/mol. The molecule has 2 aliphatic heterocycles. The van der Waals surface area contributed by atoms with Gasteiger partial charge < -0.3 is 18.6 Å². The molecule has 0 radical (unpaired) electrons. The maximum atomic E-state index is 6.02. The molecule has 4 nitrogen and oxygen atoms in total.